The average Bonchev–Trinajstić information content (AvgIpc) is 3.32. The van der Waals surface area contributed by atoms with Crippen molar-refractivity contribution in [3.05, 3.63) is 89.7 Å². The number of carbonyl (C=O) groups excluding carboxylic acids is 1. The van der Waals surface area contributed by atoms with Gasteiger partial charge in [0.05, 0.1) is 25.4 Å². The van der Waals surface area contributed by atoms with Crippen LogP contribution in [-0.4, -0.2) is 61.3 Å². The van der Waals surface area contributed by atoms with Crippen molar-refractivity contribution in [1.82, 2.24) is 9.88 Å². The third-order valence-electron chi connectivity index (χ3n) is 7.49. The van der Waals surface area contributed by atoms with Gasteiger partial charge < -0.3 is 19.3 Å². The third kappa shape index (κ3) is 5.03. The molecule has 182 valence electrons. The van der Waals surface area contributed by atoms with Crippen molar-refractivity contribution in [2.45, 2.75) is 37.3 Å². The Morgan fingerprint density at radius 1 is 1.11 bits per heavy atom. The molecule has 6 heteroatoms. The van der Waals surface area contributed by atoms with Gasteiger partial charge in [0.25, 0.3) is 5.91 Å². The standard InChI is InChI=1S/C29H33N3O3/c1-31(25-9-4-3-5-10-25)26-20-29(35-21-26)13-16-32(17-14-29)28(33)23-12-15-30-24(19-23)18-22-8-6-7-11-27(22)34-2/h3-12,15,19,26H,13-14,16-18,20-21H2,1-2H3/t26-/m0/s1. The molecule has 1 aromatic heterocycles. The van der Waals surface area contributed by atoms with E-state index in [-0.39, 0.29) is 11.5 Å². The van der Waals surface area contributed by atoms with Crippen LogP contribution < -0.4 is 9.64 Å². The molecule has 0 bridgehead atoms. The molecular weight excluding hydrogens is 438 g/mol. The average molecular weight is 472 g/mol. The molecule has 3 heterocycles. The molecule has 2 fully saturated rings. The Hall–Kier alpha value is -3.38. The fourth-order valence-corrected chi connectivity index (χ4v) is 5.34. The molecule has 0 radical (unpaired) electrons. The van der Waals surface area contributed by atoms with Gasteiger partial charge in [-0.1, -0.05) is 36.4 Å². The molecule has 1 amide bonds. The minimum Gasteiger partial charge on any atom is -0.496 e. The monoisotopic (exact) mass is 471 g/mol. The predicted octanol–water partition coefficient (Wildman–Crippen LogP) is 4.58. The highest BCUT2D eigenvalue weighted by atomic mass is 16.5. The van der Waals surface area contributed by atoms with Gasteiger partial charge in [0.2, 0.25) is 0 Å². The fourth-order valence-electron chi connectivity index (χ4n) is 5.34. The number of nitrogens with zero attached hydrogens (tertiary/aromatic N) is 3. The lowest BCUT2D eigenvalue weighted by Gasteiger charge is -2.39. The number of ether oxygens (including phenoxy) is 2. The van der Waals surface area contributed by atoms with E-state index in [1.807, 2.05) is 47.4 Å². The van der Waals surface area contributed by atoms with Gasteiger partial charge in [0, 0.05) is 55.3 Å². The van der Waals surface area contributed by atoms with E-state index >= 15 is 0 Å². The number of hydrogen-bond acceptors (Lipinski definition) is 5. The number of likely N-dealkylation sites (tertiary alicyclic amines) is 1. The maximum absolute atomic E-state index is 13.3. The Labute approximate surface area is 207 Å². The smallest absolute Gasteiger partial charge is 0.253 e. The van der Waals surface area contributed by atoms with E-state index in [1.165, 1.54) is 5.69 Å². The van der Waals surface area contributed by atoms with Crippen LogP contribution in [0.25, 0.3) is 0 Å². The van der Waals surface area contributed by atoms with Crippen molar-refractivity contribution in [2.75, 3.05) is 38.8 Å². The van der Waals surface area contributed by atoms with Gasteiger partial charge in [-0.2, -0.15) is 0 Å². The number of pyridine rings is 1. The number of para-hydroxylation sites is 2. The lowest BCUT2D eigenvalue weighted by atomic mass is 9.87. The molecule has 2 aliphatic heterocycles. The molecule has 2 saturated heterocycles. The summed E-state index contributed by atoms with van der Waals surface area (Å²) < 4.78 is 11.8. The van der Waals surface area contributed by atoms with E-state index in [9.17, 15) is 4.79 Å². The first-order valence-corrected chi connectivity index (χ1v) is 12.3. The summed E-state index contributed by atoms with van der Waals surface area (Å²) in [6.45, 7) is 2.16. The summed E-state index contributed by atoms with van der Waals surface area (Å²) in [5.41, 5.74) is 3.69. The first kappa shape index (κ1) is 23.4. The minimum absolute atomic E-state index is 0.0690. The Balaban J connectivity index is 1.20. The fraction of sp³-hybridized carbons (Fsp3) is 0.379. The second-order valence-corrected chi connectivity index (χ2v) is 9.62. The molecule has 6 nitrogen and oxygen atoms in total. The van der Waals surface area contributed by atoms with E-state index < -0.39 is 0 Å². The maximum Gasteiger partial charge on any atom is 0.253 e. The Morgan fingerprint density at radius 3 is 2.63 bits per heavy atom. The van der Waals surface area contributed by atoms with E-state index in [4.69, 9.17) is 9.47 Å². The summed E-state index contributed by atoms with van der Waals surface area (Å²) in [6.07, 6.45) is 5.10. The summed E-state index contributed by atoms with van der Waals surface area (Å²) in [5.74, 6) is 0.902. The van der Waals surface area contributed by atoms with Gasteiger partial charge in [-0.3, -0.25) is 9.78 Å². The number of piperidine rings is 1. The molecular formula is C29H33N3O3. The van der Waals surface area contributed by atoms with Gasteiger partial charge in [0.1, 0.15) is 5.75 Å². The van der Waals surface area contributed by atoms with Crippen LogP contribution in [0.3, 0.4) is 0 Å². The van der Waals surface area contributed by atoms with Gasteiger partial charge in [0.15, 0.2) is 0 Å². The SMILES string of the molecule is COc1ccccc1Cc1cc(C(=O)N2CCC3(CC2)C[C@H](N(C)c2ccccc2)CO3)ccn1. The van der Waals surface area contributed by atoms with Crippen LogP contribution in [0.4, 0.5) is 5.69 Å². The number of rotatable bonds is 6. The highest BCUT2D eigenvalue weighted by molar-refractivity contribution is 5.94. The number of aromatic nitrogens is 1. The van der Waals surface area contributed by atoms with E-state index in [0.29, 0.717) is 31.1 Å². The van der Waals surface area contributed by atoms with Gasteiger partial charge in [-0.05, 0) is 49.6 Å². The molecule has 0 aliphatic carbocycles. The van der Waals surface area contributed by atoms with Gasteiger partial charge >= 0.3 is 0 Å². The first-order chi connectivity index (χ1) is 17.1. The second kappa shape index (κ2) is 10.1. The van der Waals surface area contributed by atoms with Crippen molar-refractivity contribution in [2.24, 2.45) is 0 Å². The van der Waals surface area contributed by atoms with Gasteiger partial charge in [-0.15, -0.1) is 0 Å². The molecule has 1 atom stereocenters. The number of hydrogen-bond donors (Lipinski definition) is 0. The third-order valence-corrected chi connectivity index (χ3v) is 7.49. The molecule has 5 rings (SSSR count). The first-order valence-electron chi connectivity index (χ1n) is 12.3. The Kier molecular flexibility index (Phi) is 6.73. The number of anilines is 1. The van der Waals surface area contributed by atoms with E-state index in [2.05, 4.69) is 41.2 Å². The lowest BCUT2D eigenvalue weighted by molar-refractivity contribution is -0.0388. The van der Waals surface area contributed by atoms with Crippen molar-refractivity contribution in [3.8, 4) is 5.75 Å². The largest absolute Gasteiger partial charge is 0.496 e. The van der Waals surface area contributed by atoms with Crippen LogP contribution in [0, 0.1) is 0 Å². The number of methoxy groups -OCH3 is 1. The second-order valence-electron chi connectivity index (χ2n) is 9.62. The number of benzene rings is 2. The molecule has 0 N–H and O–H groups in total. The van der Waals surface area contributed by atoms with Crippen molar-refractivity contribution in [1.29, 1.82) is 0 Å². The molecule has 2 aromatic carbocycles. The predicted molar refractivity (Wildman–Crippen MR) is 137 cm³/mol. The van der Waals surface area contributed by atoms with Crippen LogP contribution >= 0.6 is 0 Å². The molecule has 0 saturated carbocycles. The van der Waals surface area contributed by atoms with E-state index in [1.54, 1.807) is 13.3 Å². The number of carbonyl (C=O) groups is 1. The highest BCUT2D eigenvalue weighted by Gasteiger charge is 2.44. The zero-order valence-electron chi connectivity index (χ0n) is 20.5. The summed E-state index contributed by atoms with van der Waals surface area (Å²) in [4.78, 5) is 22.1. The molecule has 3 aromatic rings. The van der Waals surface area contributed by atoms with Gasteiger partial charge in [-0.25, -0.2) is 0 Å². The number of amides is 1. The Bertz CT molecular complexity index is 1160. The summed E-state index contributed by atoms with van der Waals surface area (Å²) >= 11 is 0. The lowest BCUT2D eigenvalue weighted by Crippen LogP contribution is -2.47. The zero-order valence-corrected chi connectivity index (χ0v) is 20.5. The highest BCUT2D eigenvalue weighted by Crippen LogP contribution is 2.38. The summed E-state index contributed by atoms with van der Waals surface area (Å²) in [7, 11) is 3.82. The summed E-state index contributed by atoms with van der Waals surface area (Å²) in [5, 5.41) is 0. The Morgan fingerprint density at radius 2 is 1.86 bits per heavy atom. The number of likely N-dealkylation sites (N-methyl/N-ethyl adjacent to an activating group) is 1. The molecule has 0 unspecified atom stereocenters. The van der Waals surface area contributed by atoms with Crippen molar-refractivity contribution >= 4 is 11.6 Å². The zero-order chi connectivity index (χ0) is 24.3. The maximum atomic E-state index is 13.3. The van der Waals surface area contributed by atoms with Crippen LogP contribution in [-0.2, 0) is 11.2 Å². The minimum atomic E-state index is -0.127. The molecule has 1 spiro atoms. The quantitative estimate of drug-likeness (QED) is 0.527. The summed E-state index contributed by atoms with van der Waals surface area (Å²) in [6, 6.07) is 22.5. The van der Waals surface area contributed by atoms with Crippen molar-refractivity contribution in [3.63, 3.8) is 0 Å². The van der Waals surface area contributed by atoms with Crippen molar-refractivity contribution < 1.29 is 14.3 Å². The molecule has 35 heavy (non-hydrogen) atoms. The van der Waals surface area contributed by atoms with Crippen LogP contribution in [0.15, 0.2) is 72.9 Å². The topological polar surface area (TPSA) is 54.9 Å². The van der Waals surface area contributed by atoms with Crippen LogP contribution in [0.2, 0.25) is 0 Å². The molecule has 2 aliphatic rings. The normalized spacial score (nSPS) is 19.0. The van der Waals surface area contributed by atoms with Crippen LogP contribution in [0.1, 0.15) is 40.9 Å². The van der Waals surface area contributed by atoms with E-state index in [0.717, 1.165) is 42.9 Å². The van der Waals surface area contributed by atoms with Crippen LogP contribution in [0.5, 0.6) is 5.75 Å².